The lowest BCUT2D eigenvalue weighted by Crippen LogP contribution is -2.15. The van der Waals surface area contributed by atoms with Crippen LogP contribution in [-0.2, 0) is 19.7 Å². The third kappa shape index (κ3) is 6.71. The van der Waals surface area contributed by atoms with Crippen molar-refractivity contribution in [1.29, 1.82) is 5.26 Å². The highest BCUT2D eigenvalue weighted by molar-refractivity contribution is 7.87. The van der Waals surface area contributed by atoms with Crippen LogP contribution in [0, 0.1) is 21.4 Å². The van der Waals surface area contributed by atoms with Crippen molar-refractivity contribution in [2.24, 2.45) is 0 Å². The number of benzene rings is 3. The van der Waals surface area contributed by atoms with Crippen LogP contribution in [0.25, 0.3) is 6.08 Å². The molecule has 0 aliphatic carbocycles. The van der Waals surface area contributed by atoms with Gasteiger partial charge in [0.2, 0.25) is 5.91 Å². The number of rotatable bonds is 9. The third-order valence-corrected chi connectivity index (χ3v) is 6.15. The molecule has 0 aromatic heterocycles. The number of nitriles is 1. The molecular formula is C25H20N4O8S. The van der Waals surface area contributed by atoms with E-state index in [9.17, 15) is 33.4 Å². The van der Waals surface area contributed by atoms with E-state index in [2.05, 4.69) is 10.6 Å². The number of ether oxygens (including phenoxy) is 1. The normalized spacial score (nSPS) is 11.1. The van der Waals surface area contributed by atoms with Gasteiger partial charge < -0.3 is 19.6 Å². The summed E-state index contributed by atoms with van der Waals surface area (Å²) in [5.74, 6) is -1.26. The molecule has 3 aromatic rings. The number of hydrogen-bond donors (Lipinski definition) is 2. The number of nitro groups is 1. The summed E-state index contributed by atoms with van der Waals surface area (Å²) in [5, 5.41) is 25.8. The monoisotopic (exact) mass is 536 g/mol. The van der Waals surface area contributed by atoms with Crippen molar-refractivity contribution in [3.63, 3.8) is 0 Å². The van der Waals surface area contributed by atoms with Gasteiger partial charge in [0.25, 0.3) is 11.6 Å². The zero-order chi connectivity index (χ0) is 27.9. The number of amides is 2. The van der Waals surface area contributed by atoms with Crippen LogP contribution in [0.3, 0.4) is 0 Å². The van der Waals surface area contributed by atoms with Crippen molar-refractivity contribution >= 4 is 45.1 Å². The van der Waals surface area contributed by atoms with E-state index in [4.69, 9.17) is 8.92 Å². The Bertz CT molecular complexity index is 1580. The second kappa shape index (κ2) is 11.7. The maximum absolute atomic E-state index is 12.8. The van der Waals surface area contributed by atoms with Crippen LogP contribution in [0.4, 0.5) is 17.1 Å². The van der Waals surface area contributed by atoms with Gasteiger partial charge in [-0.25, -0.2) is 0 Å². The van der Waals surface area contributed by atoms with E-state index >= 15 is 0 Å². The van der Waals surface area contributed by atoms with Crippen molar-refractivity contribution < 1.29 is 31.9 Å². The highest BCUT2D eigenvalue weighted by Crippen LogP contribution is 2.30. The molecule has 2 N–H and O–H groups in total. The Labute approximate surface area is 217 Å². The highest BCUT2D eigenvalue weighted by Gasteiger charge is 2.21. The van der Waals surface area contributed by atoms with Crippen molar-refractivity contribution in [3.05, 3.63) is 88.0 Å². The number of nitrogens with zero attached hydrogens (tertiary/aromatic N) is 2. The molecule has 3 rings (SSSR count). The molecule has 194 valence electrons. The molecule has 0 aliphatic heterocycles. The van der Waals surface area contributed by atoms with Gasteiger partial charge in [0.05, 0.1) is 18.1 Å². The smallest absolute Gasteiger partial charge is 0.339 e. The molecule has 2 amide bonds. The molecule has 0 saturated heterocycles. The average molecular weight is 537 g/mol. The van der Waals surface area contributed by atoms with Gasteiger partial charge in [0, 0.05) is 18.2 Å². The molecule has 38 heavy (non-hydrogen) atoms. The topological polar surface area (TPSA) is 178 Å². The molecule has 0 bridgehead atoms. The lowest BCUT2D eigenvalue weighted by Gasteiger charge is -2.11. The van der Waals surface area contributed by atoms with Gasteiger partial charge >= 0.3 is 10.1 Å². The van der Waals surface area contributed by atoms with Crippen LogP contribution in [0.5, 0.6) is 11.5 Å². The minimum absolute atomic E-state index is 0.0851. The number of hydrogen-bond acceptors (Lipinski definition) is 9. The lowest BCUT2D eigenvalue weighted by molar-refractivity contribution is -0.384. The fourth-order valence-corrected chi connectivity index (χ4v) is 4.09. The fraction of sp³-hybridized carbons (Fsp3) is 0.0800. The molecule has 0 aliphatic rings. The van der Waals surface area contributed by atoms with Gasteiger partial charge in [-0.15, -0.1) is 0 Å². The van der Waals surface area contributed by atoms with E-state index in [1.54, 1.807) is 6.07 Å². The van der Waals surface area contributed by atoms with E-state index in [1.807, 2.05) is 0 Å². The summed E-state index contributed by atoms with van der Waals surface area (Å²) in [6, 6.07) is 16.5. The maximum atomic E-state index is 12.8. The van der Waals surface area contributed by atoms with Crippen molar-refractivity contribution in [2.45, 2.75) is 11.8 Å². The molecule has 0 atom stereocenters. The molecule has 0 saturated carbocycles. The zero-order valence-corrected chi connectivity index (χ0v) is 20.8. The molecule has 13 heteroatoms. The second-order valence-corrected chi connectivity index (χ2v) is 9.09. The summed E-state index contributed by atoms with van der Waals surface area (Å²) < 4.78 is 35.9. The highest BCUT2D eigenvalue weighted by atomic mass is 32.2. The predicted molar refractivity (Wildman–Crippen MR) is 137 cm³/mol. The van der Waals surface area contributed by atoms with Crippen LogP contribution in [0.2, 0.25) is 0 Å². The molecule has 0 radical (unpaired) electrons. The van der Waals surface area contributed by atoms with Crippen LogP contribution in [0.15, 0.2) is 77.2 Å². The molecule has 0 spiro atoms. The van der Waals surface area contributed by atoms with E-state index in [-0.39, 0.29) is 33.6 Å². The zero-order valence-electron chi connectivity index (χ0n) is 20.0. The molecule has 12 nitrogen and oxygen atoms in total. The summed E-state index contributed by atoms with van der Waals surface area (Å²) in [4.78, 5) is 34.4. The SMILES string of the molecule is COc1ccc(NC(=O)/C(C#N)=C/c2ccccc2OS(=O)(=O)c2ccc(NC(C)=O)cc2)c([N+](=O)[O-])c1. The van der Waals surface area contributed by atoms with Gasteiger partial charge in [-0.2, -0.15) is 13.7 Å². The third-order valence-electron chi connectivity index (χ3n) is 4.90. The van der Waals surface area contributed by atoms with E-state index in [0.29, 0.717) is 5.69 Å². The van der Waals surface area contributed by atoms with Crippen LogP contribution in [-0.4, -0.2) is 32.3 Å². The molecule has 0 fully saturated rings. The quantitative estimate of drug-likeness (QED) is 0.135. The minimum atomic E-state index is -4.33. The first-order valence-corrected chi connectivity index (χ1v) is 12.1. The lowest BCUT2D eigenvalue weighted by atomic mass is 10.1. The molecule has 0 heterocycles. The van der Waals surface area contributed by atoms with Gasteiger partial charge in [-0.3, -0.25) is 19.7 Å². The van der Waals surface area contributed by atoms with Gasteiger partial charge in [0.1, 0.15) is 33.7 Å². The number of anilines is 2. The Morgan fingerprint density at radius 3 is 2.34 bits per heavy atom. The van der Waals surface area contributed by atoms with E-state index in [0.717, 1.165) is 12.1 Å². The van der Waals surface area contributed by atoms with Gasteiger partial charge in [0.15, 0.2) is 0 Å². The number of carbonyl (C=O) groups excluding carboxylic acids is 2. The first kappa shape index (κ1) is 27.4. The number of methoxy groups -OCH3 is 1. The number of nitro benzene ring substituents is 1. The van der Waals surface area contributed by atoms with Crippen molar-refractivity contribution in [3.8, 4) is 17.6 Å². The Morgan fingerprint density at radius 2 is 1.74 bits per heavy atom. The summed E-state index contributed by atoms with van der Waals surface area (Å²) in [5.41, 5.74) is -0.613. The Kier molecular flexibility index (Phi) is 8.41. The summed E-state index contributed by atoms with van der Waals surface area (Å²) in [6.07, 6.45) is 1.09. The van der Waals surface area contributed by atoms with Crippen LogP contribution >= 0.6 is 0 Å². The van der Waals surface area contributed by atoms with E-state index in [1.165, 1.54) is 74.7 Å². The van der Waals surface area contributed by atoms with Gasteiger partial charge in [-0.1, -0.05) is 18.2 Å². The van der Waals surface area contributed by atoms with Gasteiger partial charge in [-0.05, 0) is 48.5 Å². The predicted octanol–water partition coefficient (Wildman–Crippen LogP) is 3.88. The fourth-order valence-electron chi connectivity index (χ4n) is 3.14. The van der Waals surface area contributed by atoms with Crippen LogP contribution in [0.1, 0.15) is 12.5 Å². The van der Waals surface area contributed by atoms with E-state index < -0.39 is 32.2 Å². The first-order chi connectivity index (χ1) is 18.0. The number of nitrogens with one attached hydrogen (secondary N) is 2. The van der Waals surface area contributed by atoms with Crippen LogP contribution < -0.4 is 19.6 Å². The Balaban J connectivity index is 1.88. The second-order valence-electron chi connectivity index (χ2n) is 7.54. The Morgan fingerprint density at radius 1 is 1.05 bits per heavy atom. The van der Waals surface area contributed by atoms with Crippen molar-refractivity contribution in [1.82, 2.24) is 0 Å². The average Bonchev–Trinajstić information content (AvgIpc) is 2.88. The molecular weight excluding hydrogens is 516 g/mol. The summed E-state index contributed by atoms with van der Waals surface area (Å²) in [6.45, 7) is 1.31. The van der Waals surface area contributed by atoms with Crippen molar-refractivity contribution in [2.75, 3.05) is 17.7 Å². The first-order valence-electron chi connectivity index (χ1n) is 10.7. The maximum Gasteiger partial charge on any atom is 0.339 e. The number of carbonyl (C=O) groups is 2. The largest absolute Gasteiger partial charge is 0.496 e. The summed E-state index contributed by atoms with van der Waals surface area (Å²) >= 11 is 0. The number of para-hydroxylation sites is 1. The summed E-state index contributed by atoms with van der Waals surface area (Å²) in [7, 11) is -3.00. The molecule has 3 aromatic carbocycles. The Hall–Kier alpha value is -5.22. The molecule has 0 unspecified atom stereocenters. The minimum Gasteiger partial charge on any atom is -0.496 e. The standard InChI is InChI=1S/C25H20N4O8S/c1-16(30)27-19-7-10-21(11-8-19)38(34,35)37-24-6-4-3-5-17(24)13-18(15-26)25(31)28-22-12-9-20(36-2)14-23(22)29(32)33/h3-14H,1-2H3,(H,27,30)(H,28,31)/b18-13+.